The van der Waals surface area contributed by atoms with Gasteiger partial charge in [-0.15, -0.1) is 0 Å². The largest absolute Gasteiger partial charge is 0.456 e. The molecule has 11 nitrogen and oxygen atoms in total. The van der Waals surface area contributed by atoms with Gasteiger partial charge < -0.3 is 39.8 Å². The van der Waals surface area contributed by atoms with Crippen molar-refractivity contribution in [1.29, 1.82) is 0 Å². The van der Waals surface area contributed by atoms with Crippen molar-refractivity contribution in [2.45, 2.75) is 93.9 Å². The second-order valence-corrected chi connectivity index (χ2v) is 13.5. The van der Waals surface area contributed by atoms with Crippen LogP contribution in [0.5, 0.6) is 0 Å². The number of carbonyl (C=O) groups is 3. The van der Waals surface area contributed by atoms with E-state index in [2.05, 4.69) is 16.7 Å². The Bertz CT molecular complexity index is 1590. The molecule has 11 heteroatoms. The molecule has 2 aromatic carbocycles. The van der Waals surface area contributed by atoms with Gasteiger partial charge in [0.2, 0.25) is 11.8 Å². The van der Waals surface area contributed by atoms with Gasteiger partial charge in [0.25, 0.3) is 0 Å². The third-order valence-corrected chi connectivity index (χ3v) is 9.96. The average Bonchev–Trinajstić information content (AvgIpc) is 3.64. The van der Waals surface area contributed by atoms with Crippen molar-refractivity contribution in [3.63, 3.8) is 0 Å². The molecule has 48 heavy (non-hydrogen) atoms. The van der Waals surface area contributed by atoms with Gasteiger partial charge in [-0.1, -0.05) is 48.6 Å². The van der Waals surface area contributed by atoms with E-state index in [1.54, 1.807) is 18.2 Å². The minimum absolute atomic E-state index is 0.0153. The third-order valence-electron chi connectivity index (χ3n) is 9.96. The Morgan fingerprint density at radius 3 is 2.58 bits per heavy atom. The summed E-state index contributed by atoms with van der Waals surface area (Å²) in [5.41, 5.74) is 3.74. The topological polar surface area (TPSA) is 156 Å². The Labute approximate surface area is 279 Å². The predicted octanol–water partition coefficient (Wildman–Crippen LogP) is 2.38. The molecule has 0 bridgehead atoms. The summed E-state index contributed by atoms with van der Waals surface area (Å²) in [6.07, 6.45) is 7.54. The highest BCUT2D eigenvalue weighted by Gasteiger charge is 2.55. The molecule has 1 saturated carbocycles. The van der Waals surface area contributed by atoms with Gasteiger partial charge in [-0.05, 0) is 67.0 Å². The first kappa shape index (κ1) is 32.7. The van der Waals surface area contributed by atoms with E-state index < -0.39 is 54.0 Å². The number of aliphatic hydroxyl groups excluding tert-OH is 2. The number of rotatable bonds is 10. The van der Waals surface area contributed by atoms with Crippen LogP contribution in [0.4, 0.5) is 0 Å². The molecule has 3 fully saturated rings. The number of hydrogen-bond acceptors (Lipinski definition) is 9. The van der Waals surface area contributed by atoms with Gasteiger partial charge >= 0.3 is 5.97 Å². The summed E-state index contributed by atoms with van der Waals surface area (Å²) in [4.78, 5) is 39.8. The van der Waals surface area contributed by atoms with E-state index in [1.165, 1.54) is 6.92 Å². The molecule has 254 valence electrons. The molecule has 8 atom stereocenters. The molecule has 3 aliphatic carbocycles. The van der Waals surface area contributed by atoms with Gasteiger partial charge in [-0.3, -0.25) is 9.59 Å². The summed E-state index contributed by atoms with van der Waals surface area (Å²) < 4.78 is 24.9. The summed E-state index contributed by atoms with van der Waals surface area (Å²) in [6.45, 7) is 1.09. The van der Waals surface area contributed by atoms with Crippen molar-refractivity contribution in [1.82, 2.24) is 10.6 Å². The van der Waals surface area contributed by atoms with Gasteiger partial charge in [0.1, 0.15) is 24.4 Å². The number of esters is 1. The van der Waals surface area contributed by atoms with Crippen molar-refractivity contribution < 1.29 is 43.5 Å². The maximum Gasteiger partial charge on any atom is 0.338 e. The van der Waals surface area contributed by atoms with Crippen molar-refractivity contribution in [3.05, 3.63) is 88.5 Å². The zero-order valence-electron chi connectivity index (χ0n) is 26.9. The fourth-order valence-electron chi connectivity index (χ4n) is 7.42. The Balaban J connectivity index is 1.09. The van der Waals surface area contributed by atoms with Crippen LogP contribution in [-0.2, 0) is 41.4 Å². The Hall–Kier alpha value is -3.87. The minimum atomic E-state index is -1.26. The molecule has 0 aromatic heterocycles. The number of benzene rings is 2. The SMILES string of the molecule is C[C@H](O)[C@@H](NC(=O)C1=C[C@H]2OC3(Cc4ccccc4C3)O[C@H]2[C@H](OC(=O)c2cccc(C=CC3CCC4OC4C3)c2)C1)C(=O)NCCO. The zero-order chi connectivity index (χ0) is 33.4. The lowest BCUT2D eigenvalue weighted by molar-refractivity contribution is -0.172. The fourth-order valence-corrected chi connectivity index (χ4v) is 7.42. The molecular weight excluding hydrogens is 616 g/mol. The number of hydrogen-bond donors (Lipinski definition) is 4. The van der Waals surface area contributed by atoms with Crippen LogP contribution >= 0.6 is 0 Å². The molecule has 0 radical (unpaired) electrons. The number of epoxide rings is 1. The van der Waals surface area contributed by atoms with Crippen LogP contribution in [0.2, 0.25) is 0 Å². The molecule has 1 spiro atoms. The Morgan fingerprint density at radius 2 is 1.85 bits per heavy atom. The summed E-state index contributed by atoms with van der Waals surface area (Å²) >= 11 is 0. The Kier molecular flexibility index (Phi) is 9.23. The highest BCUT2D eigenvalue weighted by molar-refractivity contribution is 5.97. The van der Waals surface area contributed by atoms with E-state index in [0.29, 0.717) is 36.5 Å². The smallest absolute Gasteiger partial charge is 0.338 e. The molecular formula is C37H42N2O9. The molecule has 4 N–H and O–H groups in total. The number of ether oxygens (including phenoxy) is 4. The number of fused-ring (bicyclic) bond motifs is 3. The number of allylic oxidation sites excluding steroid dienone is 1. The maximum absolute atomic E-state index is 13.6. The monoisotopic (exact) mass is 658 g/mol. The van der Waals surface area contributed by atoms with E-state index in [1.807, 2.05) is 42.5 Å². The highest BCUT2D eigenvalue weighted by Crippen LogP contribution is 2.45. The van der Waals surface area contributed by atoms with Crippen molar-refractivity contribution in [2.24, 2.45) is 5.92 Å². The lowest BCUT2D eigenvalue weighted by Gasteiger charge is -2.31. The van der Waals surface area contributed by atoms with E-state index in [0.717, 1.165) is 36.0 Å². The van der Waals surface area contributed by atoms with Gasteiger partial charge in [-0.2, -0.15) is 0 Å². The summed E-state index contributed by atoms with van der Waals surface area (Å²) in [7, 11) is 0. The molecule has 2 aromatic rings. The van der Waals surface area contributed by atoms with Crippen LogP contribution in [0.15, 0.2) is 66.3 Å². The van der Waals surface area contributed by atoms with Crippen molar-refractivity contribution in [3.8, 4) is 0 Å². The van der Waals surface area contributed by atoms with Crippen LogP contribution in [0.1, 0.15) is 59.7 Å². The molecule has 7 rings (SSSR count). The average molecular weight is 659 g/mol. The molecule has 2 heterocycles. The molecule has 2 saturated heterocycles. The number of carbonyl (C=O) groups excluding carboxylic acids is 3. The number of aliphatic hydroxyl groups is 2. The predicted molar refractivity (Wildman–Crippen MR) is 173 cm³/mol. The van der Waals surface area contributed by atoms with Gasteiger partial charge in [-0.25, -0.2) is 4.79 Å². The molecule has 5 aliphatic rings. The van der Waals surface area contributed by atoms with E-state index in [4.69, 9.17) is 24.1 Å². The first-order chi connectivity index (χ1) is 23.2. The standard InChI is InChI=1S/C37H42N2O9/c1-21(41)32(35(43)38-13-14-40)39-34(42)27-17-30(33-31(18-27)47-37(48-33)19-25-6-2-3-7-26(25)20-37)46-36(44)24-8-4-5-22(15-24)9-10-23-11-12-28-29(16-23)45-28/h2-10,15,18,21,23,28-33,40-41H,11-14,16-17,19-20H2,1H3,(H,38,43)(H,39,42)/t21-,23?,28?,29?,30+,31+,32+,33-/m0/s1. The second-order valence-electron chi connectivity index (χ2n) is 13.5. The van der Waals surface area contributed by atoms with Gasteiger partial charge in [0.15, 0.2) is 5.79 Å². The quantitative estimate of drug-likeness (QED) is 0.222. The highest BCUT2D eigenvalue weighted by atomic mass is 16.8. The summed E-state index contributed by atoms with van der Waals surface area (Å²) in [5, 5.41) is 24.4. The third kappa shape index (κ3) is 6.97. The normalized spacial score (nSPS) is 29.3. The Morgan fingerprint density at radius 1 is 1.06 bits per heavy atom. The molecule has 2 amide bonds. The lowest BCUT2D eigenvalue weighted by Crippen LogP contribution is -2.54. The van der Waals surface area contributed by atoms with Crippen LogP contribution in [0.3, 0.4) is 0 Å². The second kappa shape index (κ2) is 13.6. The van der Waals surface area contributed by atoms with Crippen LogP contribution in [-0.4, -0.2) is 89.6 Å². The first-order valence-electron chi connectivity index (χ1n) is 16.9. The molecule has 3 unspecified atom stereocenters. The molecule has 2 aliphatic heterocycles. The van der Waals surface area contributed by atoms with Crippen LogP contribution in [0, 0.1) is 5.92 Å². The lowest BCUT2D eigenvalue weighted by atomic mass is 9.88. The van der Waals surface area contributed by atoms with E-state index in [9.17, 15) is 19.5 Å². The van der Waals surface area contributed by atoms with Crippen LogP contribution in [0.25, 0.3) is 6.08 Å². The maximum atomic E-state index is 13.6. The fraction of sp³-hybridized carbons (Fsp3) is 0.486. The van der Waals surface area contributed by atoms with Crippen LogP contribution < -0.4 is 10.6 Å². The van der Waals surface area contributed by atoms with Gasteiger partial charge in [0.05, 0.1) is 30.5 Å². The minimum Gasteiger partial charge on any atom is -0.456 e. The summed E-state index contributed by atoms with van der Waals surface area (Å²) in [6, 6.07) is 14.0. The van der Waals surface area contributed by atoms with Crippen molar-refractivity contribution in [2.75, 3.05) is 13.2 Å². The summed E-state index contributed by atoms with van der Waals surface area (Å²) in [5.74, 6) is -2.30. The number of amides is 2. The zero-order valence-corrected chi connectivity index (χ0v) is 26.9. The van der Waals surface area contributed by atoms with E-state index >= 15 is 0 Å². The number of nitrogens with one attached hydrogen (secondary N) is 2. The van der Waals surface area contributed by atoms with Crippen molar-refractivity contribution >= 4 is 23.9 Å². The first-order valence-corrected chi connectivity index (χ1v) is 16.9. The van der Waals surface area contributed by atoms with E-state index in [-0.39, 0.29) is 25.1 Å². The van der Waals surface area contributed by atoms with Gasteiger partial charge in [0, 0.05) is 31.4 Å².